The summed E-state index contributed by atoms with van der Waals surface area (Å²) in [7, 11) is 0. The summed E-state index contributed by atoms with van der Waals surface area (Å²) in [5.74, 6) is -1.62. The van der Waals surface area contributed by atoms with E-state index >= 15 is 0 Å². The number of hydrogen-bond acceptors (Lipinski definition) is 4. The van der Waals surface area contributed by atoms with Gasteiger partial charge in [0.05, 0.1) is 6.04 Å². The smallest absolute Gasteiger partial charge is 0.326 e. The summed E-state index contributed by atoms with van der Waals surface area (Å²) in [6.45, 7) is 0.371. The van der Waals surface area contributed by atoms with Gasteiger partial charge in [-0.15, -0.1) is 0 Å². The van der Waals surface area contributed by atoms with Crippen LogP contribution in [0.2, 0.25) is 0 Å². The molecule has 0 radical (unpaired) electrons. The van der Waals surface area contributed by atoms with Crippen molar-refractivity contribution in [2.24, 2.45) is 22.2 Å². The van der Waals surface area contributed by atoms with Crippen molar-refractivity contribution in [2.45, 2.75) is 31.3 Å². The molecule has 0 aromatic heterocycles. The number of carbonyl (C=O) groups is 2. The second-order valence-corrected chi connectivity index (χ2v) is 5.14. The summed E-state index contributed by atoms with van der Waals surface area (Å²) >= 11 is 0. The molecule has 23 heavy (non-hydrogen) atoms. The molecule has 0 spiro atoms. The zero-order chi connectivity index (χ0) is 17.2. The first kappa shape index (κ1) is 18.4. The molecule has 0 aliphatic carbocycles. The third-order valence-electron chi connectivity index (χ3n) is 3.20. The third kappa shape index (κ3) is 7.28. The highest BCUT2D eigenvalue weighted by molar-refractivity contribution is 5.86. The van der Waals surface area contributed by atoms with E-state index < -0.39 is 24.0 Å². The van der Waals surface area contributed by atoms with E-state index in [1.165, 1.54) is 0 Å². The number of amides is 1. The Morgan fingerprint density at radius 3 is 2.43 bits per heavy atom. The molecule has 0 unspecified atom stereocenters. The van der Waals surface area contributed by atoms with Gasteiger partial charge >= 0.3 is 5.97 Å². The summed E-state index contributed by atoms with van der Waals surface area (Å²) in [6.07, 6.45) is 1.09. The van der Waals surface area contributed by atoms with Crippen LogP contribution in [0.4, 0.5) is 0 Å². The molecule has 0 fully saturated rings. The number of aliphatic imine (C=N–C) groups is 1. The van der Waals surface area contributed by atoms with Gasteiger partial charge in [0.2, 0.25) is 5.91 Å². The van der Waals surface area contributed by atoms with Crippen LogP contribution in [0.5, 0.6) is 0 Å². The molecule has 1 aromatic rings. The Hall–Kier alpha value is -2.61. The minimum atomic E-state index is -1.10. The number of nitrogens with zero attached hydrogens (tertiary/aromatic N) is 1. The number of aliphatic carboxylic acids is 1. The molecule has 2 atom stereocenters. The molecule has 0 saturated carbocycles. The monoisotopic (exact) mass is 321 g/mol. The number of carboxylic acids is 1. The number of carboxylic acid groups (broad SMARTS) is 1. The lowest BCUT2D eigenvalue weighted by Crippen LogP contribution is -2.49. The average molecular weight is 321 g/mol. The van der Waals surface area contributed by atoms with Crippen LogP contribution >= 0.6 is 0 Å². The van der Waals surface area contributed by atoms with Crippen molar-refractivity contribution < 1.29 is 14.7 Å². The van der Waals surface area contributed by atoms with Crippen molar-refractivity contribution in [3.8, 4) is 0 Å². The van der Waals surface area contributed by atoms with Crippen molar-refractivity contribution in [3.63, 3.8) is 0 Å². The van der Waals surface area contributed by atoms with Crippen LogP contribution in [0.25, 0.3) is 0 Å². The van der Waals surface area contributed by atoms with Crippen molar-refractivity contribution in [1.82, 2.24) is 5.32 Å². The predicted molar refractivity (Wildman–Crippen MR) is 87.6 cm³/mol. The van der Waals surface area contributed by atoms with Crippen molar-refractivity contribution in [3.05, 3.63) is 35.9 Å². The Labute approximate surface area is 134 Å². The van der Waals surface area contributed by atoms with Crippen LogP contribution in [-0.2, 0) is 16.0 Å². The molecular weight excluding hydrogens is 298 g/mol. The molecule has 1 rings (SSSR count). The molecule has 8 nitrogen and oxygen atoms in total. The number of rotatable bonds is 9. The van der Waals surface area contributed by atoms with Gasteiger partial charge in [-0.05, 0) is 18.4 Å². The Morgan fingerprint density at radius 2 is 1.87 bits per heavy atom. The van der Waals surface area contributed by atoms with Crippen LogP contribution in [-0.4, -0.2) is 41.6 Å². The summed E-state index contributed by atoms with van der Waals surface area (Å²) < 4.78 is 0. The molecule has 0 heterocycles. The first-order chi connectivity index (χ1) is 10.9. The minimum Gasteiger partial charge on any atom is -0.480 e. The van der Waals surface area contributed by atoms with E-state index in [0.717, 1.165) is 5.56 Å². The first-order valence-electron chi connectivity index (χ1n) is 7.28. The number of benzene rings is 1. The fraction of sp³-hybridized carbons (Fsp3) is 0.400. The Kier molecular flexibility index (Phi) is 7.55. The van der Waals surface area contributed by atoms with Crippen molar-refractivity contribution in [1.29, 1.82) is 0 Å². The van der Waals surface area contributed by atoms with E-state index in [2.05, 4.69) is 10.3 Å². The maximum atomic E-state index is 12.0. The molecule has 0 bridgehead atoms. The largest absolute Gasteiger partial charge is 0.480 e. The third-order valence-corrected chi connectivity index (χ3v) is 3.20. The summed E-state index contributed by atoms with van der Waals surface area (Å²) in [6, 6.07) is 7.24. The SMILES string of the molecule is NC(N)=NCCC[C@H](N)C(=O)N[C@H](Cc1ccccc1)C(=O)O. The standard InChI is InChI=1S/C15H23N5O3/c16-11(7-4-8-19-15(17)18)13(21)20-12(14(22)23)9-10-5-2-1-3-6-10/h1-3,5-6,11-12H,4,7-9,16H2,(H,20,21)(H,22,23)(H4,17,18,19)/t11-,12+/m0/s1. The number of nitrogens with two attached hydrogens (primary N) is 3. The van der Waals surface area contributed by atoms with Gasteiger partial charge in [0, 0.05) is 13.0 Å². The normalized spacial score (nSPS) is 12.9. The van der Waals surface area contributed by atoms with E-state index in [-0.39, 0.29) is 12.4 Å². The van der Waals surface area contributed by atoms with E-state index in [9.17, 15) is 14.7 Å². The van der Waals surface area contributed by atoms with Gasteiger partial charge in [-0.25, -0.2) is 4.79 Å². The fourth-order valence-electron chi connectivity index (χ4n) is 1.98. The quantitative estimate of drug-likeness (QED) is 0.227. The van der Waals surface area contributed by atoms with Gasteiger partial charge in [0.1, 0.15) is 6.04 Å². The molecule has 8 heteroatoms. The number of guanidine groups is 1. The molecule has 8 N–H and O–H groups in total. The van der Waals surface area contributed by atoms with Crippen molar-refractivity contribution in [2.75, 3.05) is 6.54 Å². The van der Waals surface area contributed by atoms with E-state index in [1.54, 1.807) is 12.1 Å². The molecule has 0 saturated heterocycles. The maximum absolute atomic E-state index is 12.0. The van der Waals surface area contributed by atoms with Crippen LogP contribution in [0.15, 0.2) is 35.3 Å². The average Bonchev–Trinajstić information content (AvgIpc) is 2.51. The summed E-state index contributed by atoms with van der Waals surface area (Å²) in [5, 5.41) is 11.7. The molecule has 1 aromatic carbocycles. The van der Waals surface area contributed by atoms with E-state index in [4.69, 9.17) is 17.2 Å². The van der Waals surface area contributed by atoms with Gasteiger partial charge in [0.15, 0.2) is 5.96 Å². The van der Waals surface area contributed by atoms with Gasteiger partial charge < -0.3 is 27.6 Å². The second kappa shape index (κ2) is 9.42. The highest BCUT2D eigenvalue weighted by Gasteiger charge is 2.23. The zero-order valence-electron chi connectivity index (χ0n) is 12.8. The minimum absolute atomic E-state index is 0.0168. The van der Waals surface area contributed by atoms with Gasteiger partial charge in [-0.2, -0.15) is 0 Å². The van der Waals surface area contributed by atoms with Crippen LogP contribution in [0, 0.1) is 0 Å². The Morgan fingerprint density at radius 1 is 1.22 bits per heavy atom. The second-order valence-electron chi connectivity index (χ2n) is 5.14. The fourth-order valence-corrected chi connectivity index (χ4v) is 1.98. The molecule has 0 aliphatic rings. The number of hydrogen-bond donors (Lipinski definition) is 5. The lowest BCUT2D eigenvalue weighted by atomic mass is 10.0. The van der Waals surface area contributed by atoms with Gasteiger partial charge in [-0.3, -0.25) is 9.79 Å². The van der Waals surface area contributed by atoms with Crippen LogP contribution in [0.3, 0.4) is 0 Å². The lowest BCUT2D eigenvalue weighted by molar-refractivity contribution is -0.142. The first-order valence-corrected chi connectivity index (χ1v) is 7.28. The predicted octanol–water partition coefficient (Wildman–Crippen LogP) is -0.821. The van der Waals surface area contributed by atoms with Gasteiger partial charge in [0.25, 0.3) is 0 Å². The Bertz CT molecular complexity index is 543. The number of nitrogens with one attached hydrogen (secondary N) is 1. The molecule has 0 aliphatic heterocycles. The molecular formula is C15H23N5O3. The van der Waals surface area contributed by atoms with E-state index in [1.807, 2.05) is 18.2 Å². The van der Waals surface area contributed by atoms with Gasteiger partial charge in [-0.1, -0.05) is 30.3 Å². The molecule has 126 valence electrons. The summed E-state index contributed by atoms with van der Waals surface area (Å²) in [4.78, 5) is 27.1. The van der Waals surface area contributed by atoms with Crippen LogP contribution < -0.4 is 22.5 Å². The number of carbonyl (C=O) groups excluding carboxylic acids is 1. The molecule has 1 amide bonds. The highest BCUT2D eigenvalue weighted by atomic mass is 16.4. The summed E-state index contributed by atoms with van der Waals surface area (Å²) in [5.41, 5.74) is 17.0. The topological polar surface area (TPSA) is 157 Å². The highest BCUT2D eigenvalue weighted by Crippen LogP contribution is 2.04. The van der Waals surface area contributed by atoms with Crippen molar-refractivity contribution >= 4 is 17.8 Å². The zero-order valence-corrected chi connectivity index (χ0v) is 12.8. The van der Waals surface area contributed by atoms with E-state index in [0.29, 0.717) is 19.4 Å². The van der Waals surface area contributed by atoms with Crippen LogP contribution in [0.1, 0.15) is 18.4 Å². The Balaban J connectivity index is 2.50. The lowest BCUT2D eigenvalue weighted by Gasteiger charge is -2.17. The maximum Gasteiger partial charge on any atom is 0.326 e.